The number of alkyl halides is 1. The van der Waals surface area contributed by atoms with Crippen LogP contribution in [0.15, 0.2) is 16.8 Å². The van der Waals surface area contributed by atoms with Gasteiger partial charge >= 0.3 is 5.97 Å². The van der Waals surface area contributed by atoms with Crippen LogP contribution in [0, 0.1) is 0 Å². The molecule has 1 rings (SSSR count). The Kier molecular flexibility index (Phi) is 4.61. The molecule has 1 heterocycles. The molecule has 0 amide bonds. The lowest BCUT2D eigenvalue weighted by atomic mass is 10.4. The standard InChI is InChI=1S/C8H11BrN2O3/c1-13-8(12)7(9)5-10-4-6-2-3-11-14-6/h2-3,7,10H,4-5H2,1H3. The van der Waals surface area contributed by atoms with E-state index in [9.17, 15) is 4.79 Å². The lowest BCUT2D eigenvalue weighted by Crippen LogP contribution is -2.29. The van der Waals surface area contributed by atoms with Crippen molar-refractivity contribution in [2.75, 3.05) is 13.7 Å². The summed E-state index contributed by atoms with van der Waals surface area (Å²) in [4.78, 5) is 10.6. The van der Waals surface area contributed by atoms with Crippen LogP contribution in [0.4, 0.5) is 0 Å². The lowest BCUT2D eigenvalue weighted by molar-refractivity contribution is -0.139. The Balaban J connectivity index is 2.18. The number of nitrogens with one attached hydrogen (secondary N) is 1. The summed E-state index contributed by atoms with van der Waals surface area (Å²) in [5.74, 6) is 0.435. The molecule has 14 heavy (non-hydrogen) atoms. The molecule has 0 spiro atoms. The van der Waals surface area contributed by atoms with Crippen LogP contribution < -0.4 is 5.32 Å². The summed E-state index contributed by atoms with van der Waals surface area (Å²) in [5.41, 5.74) is 0. The van der Waals surface area contributed by atoms with Gasteiger partial charge in [0.2, 0.25) is 0 Å². The van der Waals surface area contributed by atoms with Gasteiger partial charge in [-0.15, -0.1) is 0 Å². The monoisotopic (exact) mass is 262 g/mol. The third-order valence-corrected chi connectivity index (χ3v) is 2.27. The van der Waals surface area contributed by atoms with E-state index in [4.69, 9.17) is 4.52 Å². The highest BCUT2D eigenvalue weighted by atomic mass is 79.9. The Bertz CT molecular complexity index is 276. The Morgan fingerprint density at radius 1 is 1.86 bits per heavy atom. The van der Waals surface area contributed by atoms with E-state index in [-0.39, 0.29) is 10.8 Å². The Labute approximate surface area is 89.9 Å². The fourth-order valence-electron chi connectivity index (χ4n) is 0.867. The van der Waals surface area contributed by atoms with Crippen molar-refractivity contribution in [2.45, 2.75) is 11.4 Å². The second-order valence-corrected chi connectivity index (χ2v) is 3.71. The van der Waals surface area contributed by atoms with E-state index in [1.165, 1.54) is 7.11 Å². The SMILES string of the molecule is COC(=O)C(Br)CNCc1ccno1. The van der Waals surface area contributed by atoms with Gasteiger partial charge in [-0.1, -0.05) is 21.1 Å². The molecule has 0 radical (unpaired) electrons. The van der Waals surface area contributed by atoms with Crippen molar-refractivity contribution in [3.63, 3.8) is 0 Å². The third-order valence-electron chi connectivity index (χ3n) is 1.57. The summed E-state index contributed by atoms with van der Waals surface area (Å²) in [6.07, 6.45) is 1.57. The van der Waals surface area contributed by atoms with Crippen molar-refractivity contribution < 1.29 is 14.1 Å². The van der Waals surface area contributed by atoms with Gasteiger partial charge in [0.15, 0.2) is 0 Å². The molecule has 5 nitrogen and oxygen atoms in total. The van der Waals surface area contributed by atoms with Crippen LogP contribution in [0.25, 0.3) is 0 Å². The maximum absolute atomic E-state index is 11.0. The van der Waals surface area contributed by atoms with Crippen LogP contribution in [0.2, 0.25) is 0 Å². The van der Waals surface area contributed by atoms with Gasteiger partial charge in [-0.3, -0.25) is 4.79 Å². The zero-order chi connectivity index (χ0) is 10.4. The first-order valence-electron chi connectivity index (χ1n) is 4.06. The van der Waals surface area contributed by atoms with Gasteiger partial charge in [0, 0.05) is 12.6 Å². The molecule has 0 aliphatic heterocycles. The van der Waals surface area contributed by atoms with Gasteiger partial charge in [0.1, 0.15) is 10.6 Å². The molecule has 1 N–H and O–H groups in total. The summed E-state index contributed by atoms with van der Waals surface area (Å²) in [7, 11) is 1.35. The number of ether oxygens (including phenoxy) is 1. The van der Waals surface area contributed by atoms with Crippen LogP contribution in [0.3, 0.4) is 0 Å². The molecule has 1 atom stereocenters. The number of rotatable bonds is 5. The highest BCUT2D eigenvalue weighted by molar-refractivity contribution is 9.10. The average Bonchev–Trinajstić information content (AvgIpc) is 2.69. The van der Waals surface area contributed by atoms with E-state index in [1.54, 1.807) is 12.3 Å². The van der Waals surface area contributed by atoms with Crippen molar-refractivity contribution in [1.29, 1.82) is 0 Å². The van der Waals surface area contributed by atoms with Gasteiger partial charge in [-0.2, -0.15) is 0 Å². The predicted octanol–water partition coefficient (Wildman–Crippen LogP) is 0.701. The molecular formula is C8H11BrN2O3. The fourth-order valence-corrected chi connectivity index (χ4v) is 1.28. The first-order valence-corrected chi connectivity index (χ1v) is 4.97. The average molecular weight is 263 g/mol. The fraction of sp³-hybridized carbons (Fsp3) is 0.500. The van der Waals surface area contributed by atoms with Crippen molar-refractivity contribution in [3.8, 4) is 0 Å². The van der Waals surface area contributed by atoms with Gasteiger partial charge in [0.25, 0.3) is 0 Å². The molecule has 0 saturated carbocycles. The number of carbonyl (C=O) groups excluding carboxylic acids is 1. The van der Waals surface area contributed by atoms with E-state index < -0.39 is 0 Å². The van der Waals surface area contributed by atoms with E-state index in [0.29, 0.717) is 13.1 Å². The molecule has 0 saturated heterocycles. The predicted molar refractivity (Wildman–Crippen MR) is 52.9 cm³/mol. The summed E-state index contributed by atoms with van der Waals surface area (Å²) < 4.78 is 9.40. The number of halogens is 1. The van der Waals surface area contributed by atoms with Crippen LogP contribution in [0.5, 0.6) is 0 Å². The maximum atomic E-state index is 11.0. The molecule has 1 aromatic heterocycles. The summed E-state index contributed by atoms with van der Waals surface area (Å²) in [6.45, 7) is 1.02. The molecule has 0 aliphatic carbocycles. The van der Waals surface area contributed by atoms with Crippen LogP contribution in [-0.4, -0.2) is 29.6 Å². The smallest absolute Gasteiger partial charge is 0.320 e. The topological polar surface area (TPSA) is 64.4 Å². The quantitative estimate of drug-likeness (QED) is 0.625. The summed E-state index contributed by atoms with van der Waals surface area (Å²) in [6, 6.07) is 1.76. The molecule has 0 fully saturated rings. The number of carbonyl (C=O) groups is 1. The second kappa shape index (κ2) is 5.77. The first kappa shape index (κ1) is 11.2. The third kappa shape index (κ3) is 3.47. The van der Waals surface area contributed by atoms with Crippen molar-refractivity contribution >= 4 is 21.9 Å². The Morgan fingerprint density at radius 3 is 3.21 bits per heavy atom. The van der Waals surface area contributed by atoms with Gasteiger partial charge in [-0.25, -0.2) is 0 Å². The van der Waals surface area contributed by atoms with E-state index >= 15 is 0 Å². The Morgan fingerprint density at radius 2 is 2.64 bits per heavy atom. The molecule has 0 aromatic carbocycles. The minimum absolute atomic E-state index is 0.296. The minimum Gasteiger partial charge on any atom is -0.468 e. The molecule has 0 bridgehead atoms. The van der Waals surface area contributed by atoms with E-state index in [2.05, 4.69) is 31.1 Å². The maximum Gasteiger partial charge on any atom is 0.320 e. The second-order valence-electron chi connectivity index (χ2n) is 2.60. The number of aromatic nitrogens is 1. The molecule has 1 aromatic rings. The van der Waals surface area contributed by atoms with Crippen LogP contribution >= 0.6 is 15.9 Å². The van der Waals surface area contributed by atoms with Crippen LogP contribution in [0.1, 0.15) is 5.76 Å². The van der Waals surface area contributed by atoms with Crippen LogP contribution in [-0.2, 0) is 16.1 Å². The lowest BCUT2D eigenvalue weighted by Gasteiger charge is -2.07. The highest BCUT2D eigenvalue weighted by Gasteiger charge is 2.14. The van der Waals surface area contributed by atoms with E-state index in [0.717, 1.165) is 5.76 Å². The number of methoxy groups -OCH3 is 1. The molecule has 0 aliphatic rings. The van der Waals surface area contributed by atoms with E-state index in [1.807, 2.05) is 0 Å². The number of hydrogen-bond donors (Lipinski definition) is 1. The minimum atomic E-state index is -0.338. The largest absolute Gasteiger partial charge is 0.468 e. The van der Waals surface area contributed by atoms with Gasteiger partial charge < -0.3 is 14.6 Å². The van der Waals surface area contributed by atoms with Crippen molar-refractivity contribution in [1.82, 2.24) is 10.5 Å². The zero-order valence-corrected chi connectivity index (χ0v) is 9.28. The Hall–Kier alpha value is -0.880. The first-order chi connectivity index (χ1) is 6.74. The molecule has 78 valence electrons. The van der Waals surface area contributed by atoms with Gasteiger partial charge in [0.05, 0.1) is 19.9 Å². The van der Waals surface area contributed by atoms with Gasteiger partial charge in [-0.05, 0) is 0 Å². The molecule has 1 unspecified atom stereocenters. The normalized spacial score (nSPS) is 12.4. The molecular weight excluding hydrogens is 252 g/mol. The summed E-state index contributed by atoms with van der Waals surface area (Å²) >= 11 is 3.18. The number of esters is 1. The number of hydrogen-bond acceptors (Lipinski definition) is 5. The zero-order valence-electron chi connectivity index (χ0n) is 7.70. The molecule has 6 heteroatoms. The highest BCUT2D eigenvalue weighted by Crippen LogP contribution is 2.01. The van der Waals surface area contributed by atoms with Crippen molar-refractivity contribution in [2.24, 2.45) is 0 Å². The number of nitrogens with zero attached hydrogens (tertiary/aromatic N) is 1. The van der Waals surface area contributed by atoms with Crippen molar-refractivity contribution in [3.05, 3.63) is 18.0 Å². The summed E-state index contributed by atoms with van der Waals surface area (Å²) in [5, 5.41) is 6.57.